The van der Waals surface area contributed by atoms with Crippen LogP contribution in [0.5, 0.6) is 11.5 Å². The number of imidazole rings is 1. The highest BCUT2D eigenvalue weighted by Gasteiger charge is 2.06. The summed E-state index contributed by atoms with van der Waals surface area (Å²) in [6.07, 6.45) is 2.95. The van der Waals surface area contributed by atoms with Gasteiger partial charge in [-0.05, 0) is 42.3 Å². The highest BCUT2D eigenvalue weighted by atomic mass is 32.2. The number of hydrogen-bond donors (Lipinski definition) is 2. The van der Waals surface area contributed by atoms with E-state index in [2.05, 4.69) is 45.2 Å². The van der Waals surface area contributed by atoms with Crippen molar-refractivity contribution < 1.29 is 17.9 Å². The first kappa shape index (κ1) is 21.5. The topological polar surface area (TPSA) is 96.4 Å². The Kier molecular flexibility index (Phi) is 8.03. The lowest BCUT2D eigenvalue weighted by Crippen LogP contribution is -2.00. The molecule has 0 aliphatic carbocycles. The number of rotatable bonds is 6. The second-order valence-corrected chi connectivity index (χ2v) is 6.64. The van der Waals surface area contributed by atoms with E-state index in [1.807, 2.05) is 31.2 Å². The fraction of sp³-hybridized carbons (Fsp3) is 0.250. The minimum Gasteiger partial charge on any atom is -0.497 e. The molecule has 0 aliphatic rings. The second-order valence-electron chi connectivity index (χ2n) is 6.07. The Hall–Kier alpha value is -2.84. The van der Waals surface area contributed by atoms with Crippen molar-refractivity contribution in [1.82, 2.24) is 9.55 Å². The van der Waals surface area contributed by atoms with E-state index in [1.165, 1.54) is 11.1 Å². The molecule has 7 nitrogen and oxygen atoms in total. The Labute approximate surface area is 166 Å². The van der Waals surface area contributed by atoms with Gasteiger partial charge in [-0.1, -0.05) is 24.3 Å². The summed E-state index contributed by atoms with van der Waals surface area (Å²) in [6.45, 7) is 2.85. The molecule has 2 N–H and O–H groups in total. The van der Waals surface area contributed by atoms with Crippen LogP contribution in [0.3, 0.4) is 0 Å². The van der Waals surface area contributed by atoms with Gasteiger partial charge in [0, 0.05) is 19.2 Å². The zero-order valence-corrected chi connectivity index (χ0v) is 17.1. The molecule has 3 rings (SSSR count). The van der Waals surface area contributed by atoms with Crippen LogP contribution in [-0.4, -0.2) is 32.2 Å². The van der Waals surface area contributed by atoms with Gasteiger partial charge >= 0.3 is 0 Å². The number of benzene rings is 2. The monoisotopic (exact) mass is 403 g/mol. The zero-order valence-electron chi connectivity index (χ0n) is 16.2. The molecule has 1 aromatic heterocycles. The van der Waals surface area contributed by atoms with Gasteiger partial charge in [-0.2, -0.15) is 0 Å². The number of nitrogens with zero attached hydrogens (tertiary/aromatic N) is 2. The average Bonchev–Trinajstić information content (AvgIpc) is 3.01. The number of nitrogens with two attached hydrogens (primary N) is 1. The summed E-state index contributed by atoms with van der Waals surface area (Å²) < 4.78 is 30.2. The summed E-state index contributed by atoms with van der Waals surface area (Å²) in [5, 5.41) is 4.06. The highest BCUT2D eigenvalue weighted by molar-refractivity contribution is 7.69. The summed E-state index contributed by atoms with van der Waals surface area (Å²) in [5.74, 6) is 2.77. The summed E-state index contributed by atoms with van der Waals surface area (Å²) >= 11 is 0. The molecule has 2 aromatic carbocycles. The predicted octanol–water partition coefficient (Wildman–Crippen LogP) is 2.32. The minimum absolute atomic E-state index is 0.811. The predicted molar refractivity (Wildman–Crippen MR) is 109 cm³/mol. The van der Waals surface area contributed by atoms with Crippen molar-refractivity contribution in [2.75, 3.05) is 14.2 Å². The van der Waals surface area contributed by atoms with Gasteiger partial charge in [0.1, 0.15) is 17.3 Å². The van der Waals surface area contributed by atoms with Crippen molar-refractivity contribution in [3.63, 3.8) is 0 Å². The van der Waals surface area contributed by atoms with Crippen molar-refractivity contribution in [1.29, 1.82) is 0 Å². The number of aromatic nitrogens is 2. The van der Waals surface area contributed by atoms with Crippen LogP contribution in [0.15, 0.2) is 54.7 Å². The van der Waals surface area contributed by atoms with Crippen molar-refractivity contribution >= 4 is 10.9 Å². The van der Waals surface area contributed by atoms with Crippen LogP contribution < -0.4 is 14.6 Å². The lowest BCUT2D eigenvalue weighted by Gasteiger charge is -2.06. The molecule has 0 aliphatic heterocycles. The van der Waals surface area contributed by atoms with Gasteiger partial charge in [0.05, 0.1) is 19.9 Å². The van der Waals surface area contributed by atoms with Gasteiger partial charge in [0.15, 0.2) is 10.9 Å². The molecule has 0 radical (unpaired) electrons. The average molecular weight is 404 g/mol. The smallest absolute Gasteiger partial charge is 0.198 e. The van der Waals surface area contributed by atoms with Crippen LogP contribution in [0.1, 0.15) is 22.6 Å². The van der Waals surface area contributed by atoms with Gasteiger partial charge < -0.3 is 14.0 Å². The molecule has 0 amide bonds. The molecule has 0 unspecified atom stereocenters. The van der Waals surface area contributed by atoms with Gasteiger partial charge in [0.25, 0.3) is 0 Å². The number of hydrogen-bond acceptors (Lipinski definition) is 5. The first-order valence-electron chi connectivity index (χ1n) is 8.59. The third-order valence-corrected chi connectivity index (χ3v) is 4.08. The van der Waals surface area contributed by atoms with E-state index in [9.17, 15) is 0 Å². The normalized spacial score (nSPS) is 10.3. The zero-order chi connectivity index (χ0) is 20.5. The van der Waals surface area contributed by atoms with Crippen LogP contribution in [0.2, 0.25) is 0 Å². The van der Waals surface area contributed by atoms with E-state index in [4.69, 9.17) is 17.9 Å². The lowest BCUT2D eigenvalue weighted by molar-refractivity contribution is 0.414. The van der Waals surface area contributed by atoms with Gasteiger partial charge in [-0.15, -0.1) is 0 Å². The van der Waals surface area contributed by atoms with Crippen molar-refractivity contribution in [3.05, 3.63) is 77.4 Å². The summed E-state index contributed by atoms with van der Waals surface area (Å²) in [7, 11) is 0.740. The quantitative estimate of drug-likeness (QED) is 0.616. The Morgan fingerprint density at radius 2 is 1.39 bits per heavy atom. The molecule has 0 fully saturated rings. The van der Waals surface area contributed by atoms with E-state index in [1.54, 1.807) is 14.2 Å². The second kappa shape index (κ2) is 10.5. The van der Waals surface area contributed by atoms with Crippen LogP contribution in [-0.2, 0) is 23.9 Å². The van der Waals surface area contributed by atoms with Crippen LogP contribution in [0, 0.1) is 6.92 Å². The minimum atomic E-state index is -2.62. The molecule has 0 spiro atoms. The fourth-order valence-corrected chi connectivity index (χ4v) is 2.70. The van der Waals surface area contributed by atoms with E-state index < -0.39 is 10.9 Å². The van der Waals surface area contributed by atoms with Gasteiger partial charge in [-0.25, -0.2) is 18.5 Å². The Morgan fingerprint density at radius 1 is 0.929 bits per heavy atom. The number of aryl methyl sites for hydroxylation is 1. The number of ether oxygens (including phenoxy) is 2. The Bertz CT molecular complexity index is 941. The molecule has 3 aromatic rings. The maximum atomic E-state index is 8.81. The third-order valence-electron chi connectivity index (χ3n) is 4.08. The van der Waals surface area contributed by atoms with Gasteiger partial charge in [0.2, 0.25) is 0 Å². The van der Waals surface area contributed by atoms with Crippen molar-refractivity contribution in [3.8, 4) is 11.5 Å². The van der Waals surface area contributed by atoms with E-state index in [0.29, 0.717) is 0 Å². The number of methoxy groups -OCH3 is 2. The van der Waals surface area contributed by atoms with Gasteiger partial charge in [-0.3, -0.25) is 0 Å². The van der Waals surface area contributed by atoms with Crippen molar-refractivity contribution in [2.45, 2.75) is 19.9 Å². The summed E-state index contributed by atoms with van der Waals surface area (Å²) in [4.78, 5) is 4.69. The van der Waals surface area contributed by atoms with E-state index in [0.717, 1.165) is 36.0 Å². The maximum absolute atomic E-state index is 8.81. The molecule has 0 atom stereocenters. The molecule has 28 heavy (non-hydrogen) atoms. The first-order chi connectivity index (χ1) is 13.4. The van der Waals surface area contributed by atoms with E-state index >= 15 is 0 Å². The fourth-order valence-electron chi connectivity index (χ4n) is 2.70. The SMILES string of the molecule is COc1ccc(Cc2cn(Cc3ccc(OC)cc3)c(C)n2)cc1.N[SH](=O)=O. The Balaban J connectivity index is 0.000000640. The van der Waals surface area contributed by atoms with Crippen LogP contribution in [0.4, 0.5) is 0 Å². The molecular formula is C20H25N3O4S. The molecule has 0 saturated heterocycles. The Morgan fingerprint density at radius 3 is 1.86 bits per heavy atom. The van der Waals surface area contributed by atoms with Crippen LogP contribution in [0.25, 0.3) is 0 Å². The molecule has 150 valence electrons. The highest BCUT2D eigenvalue weighted by Crippen LogP contribution is 2.17. The standard InChI is InChI=1S/C20H22N2O2.H3NO2S/c1-15-21-18(12-16-4-8-19(23-2)9-5-16)14-22(15)13-17-6-10-20(24-3)11-7-17;1-4(2)3/h4-11,14H,12-13H2,1-3H3;4H,(H2,1,2,3). The first-order valence-corrected chi connectivity index (χ1v) is 9.83. The summed E-state index contributed by atoms with van der Waals surface area (Å²) in [6, 6.07) is 16.3. The molecule has 0 bridgehead atoms. The molecule has 1 heterocycles. The number of thiol groups is 1. The molecule has 0 saturated carbocycles. The maximum Gasteiger partial charge on any atom is 0.198 e. The molecule has 8 heteroatoms. The summed E-state index contributed by atoms with van der Waals surface area (Å²) in [5.41, 5.74) is 3.53. The third kappa shape index (κ3) is 6.71. The lowest BCUT2D eigenvalue weighted by atomic mass is 10.1. The molecular weight excluding hydrogens is 378 g/mol. The van der Waals surface area contributed by atoms with Crippen molar-refractivity contribution in [2.24, 2.45) is 5.14 Å². The van der Waals surface area contributed by atoms with E-state index in [-0.39, 0.29) is 0 Å². The largest absolute Gasteiger partial charge is 0.497 e. The van der Waals surface area contributed by atoms with Crippen LogP contribution >= 0.6 is 0 Å².